The Labute approximate surface area is 110 Å². The number of hydrogen-bond acceptors (Lipinski definition) is 3. The maximum Gasteiger partial charge on any atom is 0.203 e. The zero-order valence-corrected chi connectivity index (χ0v) is 11.6. The molecule has 0 fully saturated rings. The van der Waals surface area contributed by atoms with Crippen molar-refractivity contribution in [1.29, 1.82) is 0 Å². The molecule has 2 aromatic heterocycles. The van der Waals surface area contributed by atoms with Gasteiger partial charge in [-0.1, -0.05) is 18.5 Å². The molecule has 0 aliphatic carbocycles. The lowest BCUT2D eigenvalue weighted by molar-refractivity contribution is 0.803. The minimum atomic E-state index is 0.824. The van der Waals surface area contributed by atoms with Gasteiger partial charge in [-0.15, -0.1) is 11.3 Å². The van der Waals surface area contributed by atoms with Gasteiger partial charge in [0, 0.05) is 17.6 Å². The summed E-state index contributed by atoms with van der Waals surface area (Å²) in [5.41, 5.74) is 1.03. The predicted molar refractivity (Wildman–Crippen MR) is 74.2 cm³/mol. The SMILES string of the molecule is CCCNc1nc(C)cn1Cc1ccc(Cl)s1. The largest absolute Gasteiger partial charge is 0.356 e. The van der Waals surface area contributed by atoms with E-state index in [2.05, 4.69) is 34.1 Å². The van der Waals surface area contributed by atoms with Crippen LogP contribution in [-0.2, 0) is 6.54 Å². The van der Waals surface area contributed by atoms with Gasteiger partial charge in [-0.2, -0.15) is 0 Å². The van der Waals surface area contributed by atoms with Crippen LogP contribution < -0.4 is 5.32 Å². The Kier molecular flexibility index (Phi) is 4.07. The molecule has 0 saturated heterocycles. The van der Waals surface area contributed by atoms with Crippen LogP contribution in [0, 0.1) is 6.92 Å². The molecule has 0 amide bonds. The van der Waals surface area contributed by atoms with Crippen LogP contribution >= 0.6 is 22.9 Å². The average molecular weight is 270 g/mol. The van der Waals surface area contributed by atoms with Crippen LogP contribution in [0.15, 0.2) is 18.3 Å². The Balaban J connectivity index is 2.14. The number of nitrogens with zero attached hydrogens (tertiary/aromatic N) is 2. The maximum absolute atomic E-state index is 5.93. The number of hydrogen-bond donors (Lipinski definition) is 1. The first kappa shape index (κ1) is 12.5. The van der Waals surface area contributed by atoms with Crippen molar-refractivity contribution in [3.8, 4) is 0 Å². The van der Waals surface area contributed by atoms with Crippen molar-refractivity contribution in [3.05, 3.63) is 33.2 Å². The molecule has 17 heavy (non-hydrogen) atoms. The van der Waals surface area contributed by atoms with Crippen molar-refractivity contribution in [2.75, 3.05) is 11.9 Å². The van der Waals surface area contributed by atoms with Crippen LogP contribution in [0.4, 0.5) is 5.95 Å². The molecule has 0 unspecified atom stereocenters. The van der Waals surface area contributed by atoms with Crippen LogP contribution in [-0.4, -0.2) is 16.1 Å². The molecule has 2 aromatic rings. The molecule has 1 N–H and O–H groups in total. The van der Waals surface area contributed by atoms with Gasteiger partial charge in [-0.3, -0.25) is 0 Å². The van der Waals surface area contributed by atoms with E-state index in [0.717, 1.165) is 35.5 Å². The summed E-state index contributed by atoms with van der Waals surface area (Å²) in [7, 11) is 0. The second-order valence-electron chi connectivity index (χ2n) is 3.97. The van der Waals surface area contributed by atoms with Crippen LogP contribution in [0.5, 0.6) is 0 Å². The van der Waals surface area contributed by atoms with Crippen molar-refractivity contribution >= 4 is 28.9 Å². The van der Waals surface area contributed by atoms with E-state index >= 15 is 0 Å². The van der Waals surface area contributed by atoms with Gasteiger partial charge in [0.2, 0.25) is 5.95 Å². The van der Waals surface area contributed by atoms with Crippen molar-refractivity contribution in [1.82, 2.24) is 9.55 Å². The molecule has 0 aliphatic rings. The smallest absolute Gasteiger partial charge is 0.203 e. The maximum atomic E-state index is 5.93. The highest BCUT2D eigenvalue weighted by Crippen LogP contribution is 2.23. The minimum absolute atomic E-state index is 0.824. The second kappa shape index (κ2) is 5.56. The number of rotatable bonds is 5. The molecule has 2 heterocycles. The molecular formula is C12H16ClN3S. The number of aryl methyl sites for hydroxylation is 1. The third-order valence-electron chi connectivity index (χ3n) is 2.39. The van der Waals surface area contributed by atoms with E-state index in [1.807, 2.05) is 13.0 Å². The fourth-order valence-corrected chi connectivity index (χ4v) is 2.74. The lowest BCUT2D eigenvalue weighted by atomic mass is 10.4. The second-order valence-corrected chi connectivity index (χ2v) is 5.77. The lowest BCUT2D eigenvalue weighted by Crippen LogP contribution is -2.08. The fourth-order valence-electron chi connectivity index (χ4n) is 1.65. The van der Waals surface area contributed by atoms with Crippen molar-refractivity contribution in [2.45, 2.75) is 26.8 Å². The Morgan fingerprint density at radius 1 is 1.47 bits per heavy atom. The van der Waals surface area contributed by atoms with E-state index in [-0.39, 0.29) is 0 Å². The summed E-state index contributed by atoms with van der Waals surface area (Å²) in [5, 5.41) is 3.33. The topological polar surface area (TPSA) is 29.9 Å². The zero-order valence-electron chi connectivity index (χ0n) is 10.0. The quantitative estimate of drug-likeness (QED) is 0.895. The fraction of sp³-hybridized carbons (Fsp3) is 0.417. The normalized spacial score (nSPS) is 10.8. The van der Waals surface area contributed by atoms with Crippen molar-refractivity contribution in [3.63, 3.8) is 0 Å². The van der Waals surface area contributed by atoms with E-state index in [0.29, 0.717) is 0 Å². The molecule has 0 spiro atoms. The number of aromatic nitrogens is 2. The molecule has 0 aromatic carbocycles. The van der Waals surface area contributed by atoms with E-state index in [9.17, 15) is 0 Å². The first-order valence-corrected chi connectivity index (χ1v) is 6.90. The lowest BCUT2D eigenvalue weighted by Gasteiger charge is -2.07. The number of halogens is 1. The third-order valence-corrected chi connectivity index (χ3v) is 3.60. The molecule has 0 bridgehead atoms. The Morgan fingerprint density at radius 3 is 2.94 bits per heavy atom. The number of imidazole rings is 1. The monoisotopic (exact) mass is 269 g/mol. The minimum Gasteiger partial charge on any atom is -0.356 e. The Hall–Kier alpha value is -1.000. The highest BCUT2D eigenvalue weighted by atomic mass is 35.5. The first-order chi connectivity index (χ1) is 8.19. The van der Waals surface area contributed by atoms with Crippen molar-refractivity contribution < 1.29 is 0 Å². The summed E-state index contributed by atoms with van der Waals surface area (Å²) in [6, 6.07) is 4.00. The Morgan fingerprint density at radius 2 is 2.29 bits per heavy atom. The molecule has 2 rings (SSSR count). The van der Waals surface area contributed by atoms with E-state index in [1.54, 1.807) is 11.3 Å². The number of thiophene rings is 1. The molecular weight excluding hydrogens is 254 g/mol. The van der Waals surface area contributed by atoms with E-state index in [1.165, 1.54) is 4.88 Å². The summed E-state index contributed by atoms with van der Waals surface area (Å²) in [5.74, 6) is 0.939. The molecule has 5 heteroatoms. The standard InChI is InChI=1S/C12H16ClN3S/c1-3-6-14-12-15-9(2)7-16(12)8-10-4-5-11(13)17-10/h4-5,7H,3,6,8H2,1-2H3,(H,14,15). The predicted octanol–water partition coefficient (Wildman–Crippen LogP) is 3.78. The van der Waals surface area contributed by atoms with Crippen LogP contribution in [0.2, 0.25) is 4.34 Å². The molecule has 0 saturated carbocycles. The van der Waals surface area contributed by atoms with Gasteiger partial charge in [0.1, 0.15) is 0 Å². The number of nitrogens with one attached hydrogen (secondary N) is 1. The Bertz CT molecular complexity index is 490. The third kappa shape index (κ3) is 3.23. The summed E-state index contributed by atoms with van der Waals surface area (Å²) >= 11 is 7.55. The zero-order chi connectivity index (χ0) is 12.3. The first-order valence-electron chi connectivity index (χ1n) is 5.71. The molecule has 0 atom stereocenters. The van der Waals surface area contributed by atoms with Gasteiger partial charge in [-0.05, 0) is 25.5 Å². The average Bonchev–Trinajstić information content (AvgIpc) is 2.83. The van der Waals surface area contributed by atoms with Gasteiger partial charge in [0.05, 0.1) is 16.6 Å². The highest BCUT2D eigenvalue weighted by Gasteiger charge is 2.06. The van der Waals surface area contributed by atoms with Crippen LogP contribution in [0.3, 0.4) is 0 Å². The molecule has 0 radical (unpaired) electrons. The van der Waals surface area contributed by atoms with Crippen LogP contribution in [0.25, 0.3) is 0 Å². The van der Waals surface area contributed by atoms with Gasteiger partial charge >= 0.3 is 0 Å². The summed E-state index contributed by atoms with van der Waals surface area (Å²) < 4.78 is 2.97. The highest BCUT2D eigenvalue weighted by molar-refractivity contribution is 7.16. The van der Waals surface area contributed by atoms with Crippen LogP contribution in [0.1, 0.15) is 23.9 Å². The van der Waals surface area contributed by atoms with E-state index in [4.69, 9.17) is 11.6 Å². The molecule has 0 aliphatic heterocycles. The van der Waals surface area contributed by atoms with Gasteiger partial charge in [0.15, 0.2) is 0 Å². The van der Waals surface area contributed by atoms with Gasteiger partial charge in [0.25, 0.3) is 0 Å². The summed E-state index contributed by atoms with van der Waals surface area (Å²) in [6.07, 6.45) is 3.16. The van der Waals surface area contributed by atoms with Crippen molar-refractivity contribution in [2.24, 2.45) is 0 Å². The van der Waals surface area contributed by atoms with E-state index < -0.39 is 0 Å². The summed E-state index contributed by atoms with van der Waals surface area (Å²) in [4.78, 5) is 5.72. The number of anilines is 1. The van der Waals surface area contributed by atoms with Gasteiger partial charge in [-0.25, -0.2) is 4.98 Å². The molecule has 3 nitrogen and oxygen atoms in total. The molecule has 92 valence electrons. The van der Waals surface area contributed by atoms with Gasteiger partial charge < -0.3 is 9.88 Å². The summed E-state index contributed by atoms with van der Waals surface area (Å²) in [6.45, 7) is 5.92.